The predicted octanol–water partition coefficient (Wildman–Crippen LogP) is 2.37. The van der Waals surface area contributed by atoms with Gasteiger partial charge < -0.3 is 20.8 Å². The van der Waals surface area contributed by atoms with E-state index in [0.29, 0.717) is 12.0 Å². The number of carbonyl (C=O) groups is 1. The third kappa shape index (κ3) is 7.66. The van der Waals surface area contributed by atoms with Crippen molar-refractivity contribution in [2.75, 3.05) is 22.8 Å². The van der Waals surface area contributed by atoms with Gasteiger partial charge >= 0.3 is 0 Å². The summed E-state index contributed by atoms with van der Waals surface area (Å²) in [6.45, 7) is 5.68. The number of phenolic OH excluding ortho intramolecular Hbond substituents is 1. The summed E-state index contributed by atoms with van der Waals surface area (Å²) >= 11 is 0. The first-order valence-electron chi connectivity index (χ1n) is 9.45. The van der Waals surface area contributed by atoms with Crippen molar-refractivity contribution in [3.8, 4) is 5.75 Å². The Kier molecular flexibility index (Phi) is 7.46. The van der Waals surface area contributed by atoms with E-state index in [1.807, 2.05) is 38.1 Å². The van der Waals surface area contributed by atoms with Crippen molar-refractivity contribution >= 4 is 27.3 Å². The van der Waals surface area contributed by atoms with Crippen LogP contribution in [0.4, 0.5) is 11.4 Å². The average Bonchev–Trinajstić information content (AvgIpc) is 2.60. The van der Waals surface area contributed by atoms with Crippen LogP contribution < -0.4 is 15.4 Å². The second-order valence-corrected chi connectivity index (χ2v) is 9.74. The van der Waals surface area contributed by atoms with E-state index in [-0.39, 0.29) is 29.4 Å². The summed E-state index contributed by atoms with van der Waals surface area (Å²) in [7, 11) is -3.56. The second kappa shape index (κ2) is 9.46. The molecule has 2 aromatic rings. The molecule has 0 aromatic heterocycles. The van der Waals surface area contributed by atoms with Gasteiger partial charge in [0.25, 0.3) is 0 Å². The zero-order valence-electron chi connectivity index (χ0n) is 17.6. The smallest absolute Gasteiger partial charge is 0.229 e. The molecule has 164 valence electrons. The number of amides is 1. The number of sulfonamides is 1. The van der Waals surface area contributed by atoms with Gasteiger partial charge in [-0.15, -0.1) is 0 Å². The number of anilines is 2. The van der Waals surface area contributed by atoms with Crippen LogP contribution in [-0.2, 0) is 21.2 Å². The fourth-order valence-electron chi connectivity index (χ4n) is 3.07. The van der Waals surface area contributed by atoms with Gasteiger partial charge in [-0.3, -0.25) is 9.52 Å². The summed E-state index contributed by atoms with van der Waals surface area (Å²) in [4.78, 5) is 11.2. The third-order valence-electron chi connectivity index (χ3n) is 4.37. The Morgan fingerprint density at radius 1 is 1.17 bits per heavy atom. The molecular weight excluding hydrogens is 406 g/mol. The molecule has 0 aliphatic rings. The number of phenols is 1. The first-order chi connectivity index (χ1) is 13.8. The van der Waals surface area contributed by atoms with Crippen LogP contribution in [0.1, 0.15) is 38.0 Å². The van der Waals surface area contributed by atoms with Crippen LogP contribution >= 0.6 is 0 Å². The number of benzene rings is 2. The molecule has 2 aromatic carbocycles. The molecule has 0 aliphatic carbocycles. The van der Waals surface area contributed by atoms with Crippen molar-refractivity contribution in [1.29, 1.82) is 0 Å². The highest BCUT2D eigenvalue weighted by Crippen LogP contribution is 2.28. The highest BCUT2D eigenvalue weighted by Gasteiger charge is 2.21. The van der Waals surface area contributed by atoms with Crippen LogP contribution in [-0.4, -0.2) is 42.9 Å². The molecule has 30 heavy (non-hydrogen) atoms. The van der Waals surface area contributed by atoms with Crippen LogP contribution in [0.3, 0.4) is 0 Å². The van der Waals surface area contributed by atoms with Crippen molar-refractivity contribution in [3.63, 3.8) is 0 Å². The van der Waals surface area contributed by atoms with Gasteiger partial charge in [-0.1, -0.05) is 18.2 Å². The molecule has 0 spiro atoms. The first kappa shape index (κ1) is 23.7. The Hall–Kier alpha value is -2.62. The van der Waals surface area contributed by atoms with Gasteiger partial charge in [-0.2, -0.15) is 0 Å². The lowest BCUT2D eigenvalue weighted by Crippen LogP contribution is -2.43. The van der Waals surface area contributed by atoms with Gasteiger partial charge in [0.1, 0.15) is 5.75 Å². The second-order valence-electron chi connectivity index (χ2n) is 7.99. The Balaban J connectivity index is 2.03. The molecule has 0 saturated carbocycles. The molecule has 1 amide bonds. The minimum absolute atomic E-state index is 0.0168. The quantitative estimate of drug-likeness (QED) is 0.385. The number of aliphatic hydroxyl groups excluding tert-OH is 1. The minimum atomic E-state index is -3.56. The Bertz CT molecular complexity index is 1010. The normalized spacial score (nSPS) is 13.0. The molecule has 0 bridgehead atoms. The first-order valence-corrected chi connectivity index (χ1v) is 11.3. The fourth-order valence-corrected chi connectivity index (χ4v) is 3.63. The molecule has 0 saturated heterocycles. The van der Waals surface area contributed by atoms with Gasteiger partial charge in [0, 0.05) is 24.7 Å². The maximum Gasteiger partial charge on any atom is 0.229 e. The maximum atomic E-state index is 11.4. The molecular formula is C21H29N3O5S. The molecule has 5 N–H and O–H groups in total. The minimum Gasteiger partial charge on any atom is -0.506 e. The molecule has 0 unspecified atom stereocenters. The van der Waals surface area contributed by atoms with E-state index in [0.717, 1.165) is 17.5 Å². The van der Waals surface area contributed by atoms with E-state index in [9.17, 15) is 23.4 Å². The molecule has 0 heterocycles. The summed E-state index contributed by atoms with van der Waals surface area (Å²) in [5, 5.41) is 26.4. The van der Waals surface area contributed by atoms with Gasteiger partial charge in [-0.25, -0.2) is 8.42 Å². The molecule has 0 radical (unpaired) electrons. The monoisotopic (exact) mass is 435 g/mol. The molecule has 0 fully saturated rings. The number of hydrogen-bond acceptors (Lipinski definition) is 6. The molecule has 0 aliphatic heterocycles. The Morgan fingerprint density at radius 2 is 1.87 bits per heavy atom. The predicted molar refractivity (Wildman–Crippen MR) is 118 cm³/mol. The zero-order chi connectivity index (χ0) is 22.5. The van der Waals surface area contributed by atoms with Crippen LogP contribution in [0.5, 0.6) is 5.75 Å². The van der Waals surface area contributed by atoms with E-state index in [2.05, 4.69) is 15.4 Å². The topological polar surface area (TPSA) is 128 Å². The Labute approximate surface area is 177 Å². The average molecular weight is 436 g/mol. The lowest BCUT2D eigenvalue weighted by molar-refractivity contribution is -0.114. The molecule has 2 rings (SSSR count). The standard InChI is InChI=1S/C21H29N3O5S/c1-14(25)23-17-7-5-6-15(10-17)12-21(2,3)22-13-20(27)16-8-9-19(26)18(11-16)24-30(4,28)29/h5-11,20,22,24,26-27H,12-13H2,1-4H3,(H,23,25)/t20-/m0/s1. The number of β-amino-alcohol motifs (C(OH)–C–C–N with tert-alkyl or cyclic N) is 1. The number of nitrogens with one attached hydrogen (secondary N) is 3. The number of rotatable bonds is 9. The molecule has 1 atom stereocenters. The molecule has 9 heteroatoms. The maximum absolute atomic E-state index is 11.4. The van der Waals surface area contributed by atoms with Gasteiger partial charge in [-0.05, 0) is 55.7 Å². The van der Waals surface area contributed by atoms with Crippen molar-refractivity contribution < 1.29 is 23.4 Å². The third-order valence-corrected chi connectivity index (χ3v) is 4.96. The van der Waals surface area contributed by atoms with Gasteiger partial charge in [0.2, 0.25) is 15.9 Å². The molecule has 8 nitrogen and oxygen atoms in total. The van der Waals surface area contributed by atoms with Gasteiger partial charge in [0.05, 0.1) is 18.0 Å². The number of aliphatic hydroxyl groups is 1. The summed E-state index contributed by atoms with van der Waals surface area (Å²) < 4.78 is 25.1. The van der Waals surface area contributed by atoms with Crippen LogP contribution in [0, 0.1) is 0 Å². The summed E-state index contributed by atoms with van der Waals surface area (Å²) in [5.41, 5.74) is 1.88. The van der Waals surface area contributed by atoms with Crippen LogP contribution in [0.15, 0.2) is 42.5 Å². The summed E-state index contributed by atoms with van der Waals surface area (Å²) in [6.07, 6.45) is 0.736. The van der Waals surface area contributed by atoms with Crippen molar-refractivity contribution in [1.82, 2.24) is 5.32 Å². The van der Waals surface area contributed by atoms with Crippen molar-refractivity contribution in [2.24, 2.45) is 0 Å². The number of aromatic hydroxyl groups is 1. The highest BCUT2D eigenvalue weighted by atomic mass is 32.2. The summed E-state index contributed by atoms with van der Waals surface area (Å²) in [5.74, 6) is -0.352. The largest absolute Gasteiger partial charge is 0.506 e. The Morgan fingerprint density at radius 3 is 2.50 bits per heavy atom. The van der Waals surface area contributed by atoms with E-state index in [1.54, 1.807) is 6.07 Å². The zero-order valence-corrected chi connectivity index (χ0v) is 18.4. The van der Waals surface area contributed by atoms with Crippen LogP contribution in [0.2, 0.25) is 0 Å². The number of carbonyl (C=O) groups excluding carboxylic acids is 1. The van der Waals surface area contributed by atoms with E-state index in [4.69, 9.17) is 0 Å². The lowest BCUT2D eigenvalue weighted by atomic mass is 9.94. The van der Waals surface area contributed by atoms with Crippen molar-refractivity contribution in [2.45, 2.75) is 38.8 Å². The van der Waals surface area contributed by atoms with Gasteiger partial charge in [0.15, 0.2) is 0 Å². The lowest BCUT2D eigenvalue weighted by Gasteiger charge is -2.28. The highest BCUT2D eigenvalue weighted by molar-refractivity contribution is 7.92. The van der Waals surface area contributed by atoms with E-state index in [1.165, 1.54) is 19.1 Å². The van der Waals surface area contributed by atoms with Crippen LogP contribution in [0.25, 0.3) is 0 Å². The van der Waals surface area contributed by atoms with Crippen molar-refractivity contribution in [3.05, 3.63) is 53.6 Å². The van der Waals surface area contributed by atoms with E-state index >= 15 is 0 Å². The summed E-state index contributed by atoms with van der Waals surface area (Å²) in [6, 6.07) is 11.9. The fraction of sp³-hybridized carbons (Fsp3) is 0.381. The SMILES string of the molecule is CC(=O)Nc1cccc(CC(C)(C)NC[C@H](O)c2ccc(O)c(NS(C)(=O)=O)c2)c1. The van der Waals surface area contributed by atoms with E-state index < -0.39 is 16.1 Å². The number of hydrogen-bond donors (Lipinski definition) is 5.